The molecule has 0 spiro atoms. The van der Waals surface area contributed by atoms with Crippen LogP contribution in [0, 0.1) is 0 Å². The molecule has 0 atom stereocenters. The molecule has 0 bridgehead atoms. The molecule has 0 saturated carbocycles. The zero-order valence-electron chi connectivity index (χ0n) is 35.5. The van der Waals surface area contributed by atoms with Crippen molar-refractivity contribution in [2.75, 3.05) is 0 Å². The first-order chi connectivity index (χ1) is 27.8. The van der Waals surface area contributed by atoms with Crippen molar-refractivity contribution < 1.29 is 19.5 Å². The molecule has 220 valence electrons. The van der Waals surface area contributed by atoms with Crippen LogP contribution in [0.2, 0.25) is 0 Å². The average molecular weight is 613 g/mol. The van der Waals surface area contributed by atoms with E-state index in [0.29, 0.717) is 38.6 Å². The maximum absolute atomic E-state index is 9.17. The van der Waals surface area contributed by atoms with Gasteiger partial charge in [-0.15, -0.1) is 0 Å². The van der Waals surface area contributed by atoms with E-state index in [1.807, 2.05) is 60.7 Å². The van der Waals surface area contributed by atoms with E-state index < -0.39 is 36.3 Å². The molecule has 0 aliphatic heterocycles. The molecule has 0 radical (unpaired) electrons. The molecule has 2 heterocycles. The predicted molar refractivity (Wildman–Crippen MR) is 192 cm³/mol. The molecule has 4 nitrogen and oxygen atoms in total. The lowest BCUT2D eigenvalue weighted by Gasteiger charge is -2.10. The van der Waals surface area contributed by atoms with Crippen LogP contribution in [0.4, 0.5) is 0 Å². The second kappa shape index (κ2) is 11.2. The molecule has 9 rings (SSSR count). The van der Waals surface area contributed by atoms with Crippen LogP contribution in [0.15, 0.2) is 168 Å². The van der Waals surface area contributed by atoms with E-state index in [2.05, 4.69) is 0 Å². The van der Waals surface area contributed by atoms with Gasteiger partial charge in [-0.3, -0.25) is 0 Å². The Morgan fingerprint density at radius 2 is 1.04 bits per heavy atom. The molecular formula is C43H27N3O. The highest BCUT2D eigenvalue weighted by Crippen LogP contribution is 2.40. The molecule has 4 heteroatoms. The molecule has 0 saturated heterocycles. The van der Waals surface area contributed by atoms with Crippen LogP contribution in [-0.2, 0) is 0 Å². The van der Waals surface area contributed by atoms with Crippen LogP contribution >= 0.6 is 0 Å². The minimum absolute atomic E-state index is 0.0282. The van der Waals surface area contributed by atoms with Crippen molar-refractivity contribution in [2.24, 2.45) is 0 Å². The standard InChI is InChI=1S/C43H27N3O/c1-3-12-29(13-4-1)35-20-10-21-36-39-37(22-11-23-38(39)47-40(35)36)43-45-41(31-15-5-2-6-16-31)44-42(46-43)32-26-24-30(25-27-32)34-19-9-17-28-14-7-8-18-33(28)34/h1-27H/i7D,8D,9D,10D,14D,17D,18D,19D,20D,22D,23D. The Balaban J connectivity index is 1.28. The van der Waals surface area contributed by atoms with Crippen LogP contribution in [0.25, 0.3) is 89.1 Å². The van der Waals surface area contributed by atoms with Gasteiger partial charge in [0.25, 0.3) is 0 Å². The summed E-state index contributed by atoms with van der Waals surface area (Å²) >= 11 is 0. The molecule has 0 unspecified atom stereocenters. The Morgan fingerprint density at radius 1 is 0.426 bits per heavy atom. The van der Waals surface area contributed by atoms with Crippen molar-refractivity contribution in [3.8, 4) is 56.4 Å². The SMILES string of the molecule is [2H]c1cc2c(oc3c([2H])cc([2H])c(-c4nc(-c5ccccc5)nc(-c5ccc(-c6c([2H])c([2H])c([2H])c7c([2H])c([2H])c([2H])c([2H])c67)cc5)n4)c32)c(-c2ccccc2)c1[2H]. The first-order valence-corrected chi connectivity index (χ1v) is 14.8. The van der Waals surface area contributed by atoms with Crippen LogP contribution in [-0.4, -0.2) is 15.0 Å². The van der Waals surface area contributed by atoms with Gasteiger partial charge in [-0.2, -0.15) is 0 Å². The second-order valence-electron chi connectivity index (χ2n) is 10.8. The van der Waals surface area contributed by atoms with E-state index >= 15 is 0 Å². The molecule has 9 aromatic rings. The van der Waals surface area contributed by atoms with Crippen molar-refractivity contribution in [1.29, 1.82) is 0 Å². The van der Waals surface area contributed by atoms with Crippen molar-refractivity contribution in [3.05, 3.63) is 164 Å². The van der Waals surface area contributed by atoms with Crippen molar-refractivity contribution in [1.82, 2.24) is 15.0 Å². The zero-order valence-corrected chi connectivity index (χ0v) is 24.5. The lowest BCUT2D eigenvalue weighted by molar-refractivity contribution is 0.670. The highest BCUT2D eigenvalue weighted by atomic mass is 16.3. The minimum atomic E-state index is -0.531. The summed E-state index contributed by atoms with van der Waals surface area (Å²) in [5.41, 5.74) is 3.29. The van der Waals surface area contributed by atoms with Gasteiger partial charge in [-0.1, -0.05) is 157 Å². The molecule has 0 amide bonds. The topological polar surface area (TPSA) is 51.8 Å². The van der Waals surface area contributed by atoms with Crippen LogP contribution in [0.3, 0.4) is 0 Å². The molecule has 0 fully saturated rings. The van der Waals surface area contributed by atoms with Gasteiger partial charge in [0.15, 0.2) is 17.5 Å². The van der Waals surface area contributed by atoms with E-state index in [-0.39, 0.29) is 80.8 Å². The number of furan rings is 1. The minimum Gasteiger partial charge on any atom is -0.455 e. The third kappa shape index (κ3) is 4.75. The smallest absolute Gasteiger partial charge is 0.164 e. The number of fused-ring (bicyclic) bond motifs is 4. The summed E-state index contributed by atoms with van der Waals surface area (Å²) in [6.07, 6.45) is 0. The van der Waals surface area contributed by atoms with E-state index in [1.54, 1.807) is 24.3 Å². The Bertz CT molecular complexity index is 3170. The van der Waals surface area contributed by atoms with Crippen molar-refractivity contribution in [3.63, 3.8) is 0 Å². The summed E-state index contributed by atoms with van der Waals surface area (Å²) in [7, 11) is 0. The van der Waals surface area contributed by atoms with Gasteiger partial charge in [0, 0.05) is 33.0 Å². The van der Waals surface area contributed by atoms with Gasteiger partial charge in [0.2, 0.25) is 0 Å². The maximum atomic E-state index is 9.17. The number of para-hydroxylation sites is 1. The third-order valence-corrected chi connectivity index (χ3v) is 7.95. The fourth-order valence-electron chi connectivity index (χ4n) is 5.73. The van der Waals surface area contributed by atoms with Crippen LogP contribution < -0.4 is 0 Å². The number of rotatable bonds is 5. The van der Waals surface area contributed by atoms with E-state index in [1.165, 1.54) is 12.1 Å². The summed E-state index contributed by atoms with van der Waals surface area (Å²) in [5.74, 6) is 0.569. The summed E-state index contributed by atoms with van der Waals surface area (Å²) in [6.45, 7) is 0. The lowest BCUT2D eigenvalue weighted by Crippen LogP contribution is -2.00. The molecular weight excluding hydrogens is 574 g/mol. The largest absolute Gasteiger partial charge is 0.455 e. The fraction of sp³-hybridized carbons (Fsp3) is 0. The predicted octanol–water partition coefficient (Wildman–Crippen LogP) is 11.3. The first kappa shape index (κ1) is 17.9. The van der Waals surface area contributed by atoms with Gasteiger partial charge < -0.3 is 4.42 Å². The van der Waals surface area contributed by atoms with E-state index in [0.717, 1.165) is 0 Å². The third-order valence-electron chi connectivity index (χ3n) is 7.95. The zero-order chi connectivity index (χ0) is 40.7. The average Bonchev–Trinajstić information content (AvgIpc) is 3.60. The molecule has 0 N–H and O–H groups in total. The Labute approximate surface area is 287 Å². The molecule has 0 aliphatic rings. The number of aromatic nitrogens is 3. The maximum Gasteiger partial charge on any atom is 0.164 e. The number of hydrogen-bond acceptors (Lipinski definition) is 4. The number of nitrogens with zero attached hydrogens (tertiary/aromatic N) is 3. The van der Waals surface area contributed by atoms with Gasteiger partial charge in [-0.25, -0.2) is 15.0 Å². The second-order valence-corrected chi connectivity index (χ2v) is 10.8. The fourth-order valence-corrected chi connectivity index (χ4v) is 5.73. The lowest BCUT2D eigenvalue weighted by atomic mass is 9.97. The molecule has 2 aromatic heterocycles. The highest BCUT2D eigenvalue weighted by Gasteiger charge is 2.19. The van der Waals surface area contributed by atoms with Crippen molar-refractivity contribution >= 4 is 32.7 Å². The van der Waals surface area contributed by atoms with Gasteiger partial charge >= 0.3 is 0 Å². The Kier molecular flexibility index (Phi) is 4.27. The Hall–Kier alpha value is -6.39. The summed E-state index contributed by atoms with van der Waals surface area (Å²) in [5, 5.41) is 0.590. The summed E-state index contributed by atoms with van der Waals surface area (Å²) in [4.78, 5) is 14.5. The number of hydrogen-bond donors (Lipinski definition) is 0. The highest BCUT2D eigenvalue weighted by molar-refractivity contribution is 6.15. The summed E-state index contributed by atoms with van der Waals surface area (Å²) < 4.78 is 101. The molecule has 7 aromatic carbocycles. The Morgan fingerprint density at radius 3 is 1.83 bits per heavy atom. The number of benzene rings is 7. The molecule has 47 heavy (non-hydrogen) atoms. The summed E-state index contributed by atoms with van der Waals surface area (Å²) in [6, 6.07) is 24.3. The van der Waals surface area contributed by atoms with Gasteiger partial charge in [0.05, 0.1) is 15.1 Å². The monoisotopic (exact) mass is 612 g/mol. The normalized spacial score (nSPS) is 14.7. The van der Waals surface area contributed by atoms with E-state index in [4.69, 9.17) is 34.4 Å². The van der Waals surface area contributed by atoms with Crippen molar-refractivity contribution in [2.45, 2.75) is 0 Å². The van der Waals surface area contributed by atoms with Crippen LogP contribution in [0.5, 0.6) is 0 Å². The van der Waals surface area contributed by atoms with Gasteiger partial charge in [-0.05, 0) is 33.5 Å². The van der Waals surface area contributed by atoms with Gasteiger partial charge in [0.1, 0.15) is 11.2 Å². The van der Waals surface area contributed by atoms with Crippen LogP contribution in [0.1, 0.15) is 15.1 Å². The quantitative estimate of drug-likeness (QED) is 0.194. The first-order valence-electron chi connectivity index (χ1n) is 20.3. The molecule has 0 aliphatic carbocycles. The van der Waals surface area contributed by atoms with E-state index in [9.17, 15) is 0 Å².